The lowest BCUT2D eigenvalue weighted by molar-refractivity contribution is 0.00578. The molecule has 13 heteroatoms. The monoisotopic (exact) mass is 923 g/mol. The van der Waals surface area contributed by atoms with Crippen LogP contribution in [-0.2, 0) is 32.0 Å². The van der Waals surface area contributed by atoms with Crippen molar-refractivity contribution in [2.24, 2.45) is 0 Å². The van der Waals surface area contributed by atoms with E-state index in [1.54, 1.807) is 12.4 Å². The molecule has 1 fully saturated rings. The fraction of sp³-hybridized carbons (Fsp3) is 0.418. The topological polar surface area (TPSA) is 125 Å². The Morgan fingerprint density at radius 1 is 0.412 bits per heavy atom. The molecule has 0 aliphatic carbocycles. The molecule has 12 nitrogen and oxygen atoms in total. The Morgan fingerprint density at radius 3 is 1.24 bits per heavy atom. The van der Waals surface area contributed by atoms with Gasteiger partial charge in [0.25, 0.3) is 0 Å². The quantitative estimate of drug-likeness (QED) is 0.0328. The molecule has 1 aliphatic heterocycles. The van der Waals surface area contributed by atoms with Crippen molar-refractivity contribution in [2.75, 3.05) is 39.6 Å². The lowest BCUT2D eigenvalue weighted by atomic mass is 9.79. The fourth-order valence-corrected chi connectivity index (χ4v) is 7.37. The molecule has 1 saturated heterocycles. The Hall–Kier alpha value is -5.86. The summed E-state index contributed by atoms with van der Waals surface area (Å²) in [6.45, 7) is 12.9. The fourth-order valence-electron chi connectivity index (χ4n) is 7.37. The highest BCUT2D eigenvalue weighted by atomic mass is 16.7. The van der Waals surface area contributed by atoms with Crippen LogP contribution >= 0.6 is 0 Å². The van der Waals surface area contributed by atoms with Gasteiger partial charge in [-0.15, -0.1) is 0 Å². The van der Waals surface area contributed by atoms with E-state index >= 15 is 0 Å². The Kier molecular flexibility index (Phi) is 19.2. The normalized spacial score (nSPS) is 13.9. The van der Waals surface area contributed by atoms with Gasteiger partial charge in [-0.2, -0.15) is 0 Å². The summed E-state index contributed by atoms with van der Waals surface area (Å²) in [4.78, 5) is 17.8. The molecule has 0 saturated carbocycles. The van der Waals surface area contributed by atoms with E-state index < -0.39 is 7.12 Å². The summed E-state index contributed by atoms with van der Waals surface area (Å²) in [5, 5.41) is 0. The Morgan fingerprint density at radius 2 is 0.824 bits per heavy atom. The van der Waals surface area contributed by atoms with E-state index in [9.17, 15) is 0 Å². The molecule has 0 unspecified atom stereocenters. The molecular formula is C55H67BN4O8. The molecule has 0 amide bonds. The molecule has 0 atom stereocenters. The summed E-state index contributed by atoms with van der Waals surface area (Å²) in [7, 11) is -0.401. The SMILES string of the molecule is CC1(C)OB(c2ccc(OCCCOc3cc(OCCCCCCOCc4ccc(-c5ccccn5)nc4)cc(OCCCCCCOCc4ccc(-c5ccccn5)nc4)c3)cc2)OC1(C)C. The van der Waals surface area contributed by atoms with Crippen LogP contribution < -0.4 is 24.4 Å². The van der Waals surface area contributed by atoms with Crippen LogP contribution in [0, 0.1) is 0 Å². The molecule has 1 aliphatic rings. The van der Waals surface area contributed by atoms with Gasteiger partial charge in [0, 0.05) is 62.6 Å². The predicted octanol–water partition coefficient (Wildman–Crippen LogP) is 11.1. The van der Waals surface area contributed by atoms with Gasteiger partial charge in [0.2, 0.25) is 0 Å². The third kappa shape index (κ3) is 15.9. The first kappa shape index (κ1) is 50.0. The van der Waals surface area contributed by atoms with Gasteiger partial charge in [0.15, 0.2) is 0 Å². The highest BCUT2D eigenvalue weighted by Crippen LogP contribution is 2.36. The zero-order chi connectivity index (χ0) is 47.3. The smallest absolute Gasteiger partial charge is 0.493 e. The number of unbranched alkanes of at least 4 members (excludes halogenated alkanes) is 6. The third-order valence-corrected chi connectivity index (χ3v) is 12.0. The van der Waals surface area contributed by atoms with Crippen LogP contribution in [0.25, 0.3) is 22.8 Å². The molecule has 2 aromatic carbocycles. The Labute approximate surface area is 403 Å². The predicted molar refractivity (Wildman–Crippen MR) is 266 cm³/mol. The first-order chi connectivity index (χ1) is 33.2. The average molecular weight is 923 g/mol. The van der Waals surface area contributed by atoms with Crippen molar-refractivity contribution in [1.29, 1.82) is 0 Å². The minimum absolute atomic E-state index is 0.385. The summed E-state index contributed by atoms with van der Waals surface area (Å²) < 4.78 is 49.0. The van der Waals surface area contributed by atoms with Crippen LogP contribution in [0.2, 0.25) is 0 Å². The maximum atomic E-state index is 6.24. The van der Waals surface area contributed by atoms with Gasteiger partial charge in [-0.25, -0.2) is 0 Å². The van der Waals surface area contributed by atoms with Crippen LogP contribution in [0.4, 0.5) is 0 Å². The van der Waals surface area contributed by atoms with Gasteiger partial charge >= 0.3 is 7.12 Å². The minimum Gasteiger partial charge on any atom is -0.493 e. The van der Waals surface area contributed by atoms with E-state index in [1.165, 1.54) is 0 Å². The lowest BCUT2D eigenvalue weighted by Gasteiger charge is -2.32. The molecule has 358 valence electrons. The van der Waals surface area contributed by atoms with Gasteiger partial charge in [-0.05, 0) is 131 Å². The zero-order valence-corrected chi connectivity index (χ0v) is 40.3. The maximum absolute atomic E-state index is 6.24. The highest BCUT2D eigenvalue weighted by molar-refractivity contribution is 6.62. The first-order valence-electron chi connectivity index (χ1n) is 24.2. The highest BCUT2D eigenvalue weighted by Gasteiger charge is 2.51. The molecule has 0 bridgehead atoms. The van der Waals surface area contributed by atoms with Crippen molar-refractivity contribution in [2.45, 2.75) is 110 Å². The van der Waals surface area contributed by atoms with Crippen molar-refractivity contribution in [3.05, 3.63) is 139 Å². The minimum atomic E-state index is -0.401. The van der Waals surface area contributed by atoms with Crippen molar-refractivity contribution < 1.29 is 37.7 Å². The van der Waals surface area contributed by atoms with Crippen LogP contribution in [-0.4, -0.2) is 77.9 Å². The summed E-state index contributed by atoms with van der Waals surface area (Å²) in [6.07, 6.45) is 16.1. The number of nitrogens with zero attached hydrogens (tertiary/aromatic N) is 4. The zero-order valence-electron chi connectivity index (χ0n) is 40.3. The molecule has 4 aromatic heterocycles. The molecule has 7 rings (SSSR count). The van der Waals surface area contributed by atoms with E-state index in [2.05, 4.69) is 59.8 Å². The molecule has 0 N–H and O–H groups in total. The first-order valence-corrected chi connectivity index (χ1v) is 24.2. The van der Waals surface area contributed by atoms with Crippen molar-refractivity contribution >= 4 is 12.6 Å². The lowest BCUT2D eigenvalue weighted by Crippen LogP contribution is -2.41. The second-order valence-electron chi connectivity index (χ2n) is 18.0. The standard InChI is InChI=1S/C55H67BN4O8/c1-54(2)55(3,4)68-56(67-54)45-22-24-46(25-23-45)63-34-17-35-66-49-37-47(64-32-15-7-5-13-30-61-41-43-20-26-52(59-39-43)50-18-9-11-28-57-50)36-48(38-49)65-33-16-8-6-14-31-62-42-44-21-27-53(60-40-44)51-19-10-12-29-58-51/h9-12,18-29,36-40H,5-8,13-17,30-35,41-42H2,1-4H3. The summed E-state index contributed by atoms with van der Waals surface area (Å²) in [5.41, 5.74) is 5.76. The van der Waals surface area contributed by atoms with E-state index in [0.29, 0.717) is 65.0 Å². The number of benzene rings is 2. The molecule has 68 heavy (non-hydrogen) atoms. The maximum Gasteiger partial charge on any atom is 0.494 e. The van der Waals surface area contributed by atoms with Crippen LogP contribution in [0.3, 0.4) is 0 Å². The molecular weight excluding hydrogens is 855 g/mol. The summed E-state index contributed by atoms with van der Waals surface area (Å²) >= 11 is 0. The number of hydrogen-bond donors (Lipinski definition) is 0. The van der Waals surface area contributed by atoms with Crippen LogP contribution in [0.15, 0.2) is 128 Å². The number of ether oxygens (including phenoxy) is 6. The Bertz CT molecular complexity index is 2220. The van der Waals surface area contributed by atoms with Crippen molar-refractivity contribution in [3.63, 3.8) is 0 Å². The van der Waals surface area contributed by atoms with Gasteiger partial charge in [-0.3, -0.25) is 19.9 Å². The van der Waals surface area contributed by atoms with Gasteiger partial charge < -0.3 is 37.7 Å². The summed E-state index contributed by atoms with van der Waals surface area (Å²) in [5.74, 6) is 2.97. The third-order valence-electron chi connectivity index (χ3n) is 12.0. The second kappa shape index (κ2) is 26.1. The largest absolute Gasteiger partial charge is 0.494 e. The van der Waals surface area contributed by atoms with Crippen LogP contribution in [0.1, 0.15) is 96.6 Å². The van der Waals surface area contributed by atoms with E-state index in [-0.39, 0.29) is 11.2 Å². The van der Waals surface area contributed by atoms with Crippen LogP contribution in [0.5, 0.6) is 23.0 Å². The number of pyridine rings is 4. The average Bonchev–Trinajstić information content (AvgIpc) is 3.59. The van der Waals surface area contributed by atoms with Gasteiger partial charge in [-0.1, -0.05) is 49.2 Å². The number of aromatic nitrogens is 4. The van der Waals surface area contributed by atoms with Crippen molar-refractivity contribution in [3.8, 4) is 45.8 Å². The van der Waals surface area contributed by atoms with E-state index in [4.69, 9.17) is 37.7 Å². The summed E-state index contributed by atoms with van der Waals surface area (Å²) in [6, 6.07) is 33.5. The molecule has 5 heterocycles. The molecule has 6 aromatic rings. The number of hydrogen-bond acceptors (Lipinski definition) is 12. The number of rotatable bonds is 29. The second-order valence-corrected chi connectivity index (χ2v) is 18.0. The Balaban J connectivity index is 0.793. The van der Waals surface area contributed by atoms with E-state index in [1.807, 2.05) is 103 Å². The van der Waals surface area contributed by atoms with Gasteiger partial charge in [0.05, 0.1) is 73.6 Å². The van der Waals surface area contributed by atoms with Crippen molar-refractivity contribution in [1.82, 2.24) is 19.9 Å². The molecule has 0 spiro atoms. The molecule has 0 radical (unpaired) electrons. The van der Waals surface area contributed by atoms with E-state index in [0.717, 1.165) is 108 Å². The van der Waals surface area contributed by atoms with Gasteiger partial charge in [0.1, 0.15) is 23.0 Å².